The van der Waals surface area contributed by atoms with Crippen molar-refractivity contribution in [3.05, 3.63) is 77.9 Å². The van der Waals surface area contributed by atoms with E-state index >= 15 is 0 Å². The van der Waals surface area contributed by atoms with Crippen LogP contribution in [0.15, 0.2) is 61.2 Å². The van der Waals surface area contributed by atoms with Gasteiger partial charge >= 0.3 is 5.97 Å². The number of aliphatic hydroxyl groups is 1. The summed E-state index contributed by atoms with van der Waals surface area (Å²) in [6.45, 7) is 4.85. The van der Waals surface area contributed by atoms with Gasteiger partial charge in [0.25, 0.3) is 0 Å². The smallest absolute Gasteiger partial charge is 0.335 e. The summed E-state index contributed by atoms with van der Waals surface area (Å²) in [5, 5.41) is 22.0. The molecule has 0 amide bonds. The number of para-hydroxylation sites is 1. The molecule has 2 aromatic rings. The van der Waals surface area contributed by atoms with Crippen LogP contribution in [0.25, 0.3) is 0 Å². The predicted molar refractivity (Wildman–Crippen MR) is 97.0 cm³/mol. The molecule has 1 atom stereocenters. The number of aliphatic hydroxyl groups excluding tert-OH is 1. The van der Waals surface area contributed by atoms with Crippen LogP contribution in [0.1, 0.15) is 21.5 Å². The first-order valence-electron chi connectivity index (χ1n) is 8.12. The molecule has 1 unspecified atom stereocenters. The fourth-order valence-electron chi connectivity index (χ4n) is 2.36. The average Bonchev–Trinajstić information content (AvgIpc) is 2.62. The zero-order valence-electron chi connectivity index (χ0n) is 14.0. The van der Waals surface area contributed by atoms with Crippen LogP contribution in [0, 0.1) is 0 Å². The lowest BCUT2D eigenvalue weighted by Gasteiger charge is -2.15. The molecule has 0 aliphatic carbocycles. The maximum absolute atomic E-state index is 10.8. The van der Waals surface area contributed by atoms with Crippen molar-refractivity contribution in [2.75, 3.05) is 13.2 Å². The van der Waals surface area contributed by atoms with E-state index in [1.807, 2.05) is 30.3 Å². The lowest BCUT2D eigenvalue weighted by Crippen LogP contribution is -2.31. The van der Waals surface area contributed by atoms with Gasteiger partial charge in [0.2, 0.25) is 0 Å². The highest BCUT2D eigenvalue weighted by Crippen LogP contribution is 2.18. The Morgan fingerprint density at radius 3 is 2.60 bits per heavy atom. The molecule has 0 heterocycles. The van der Waals surface area contributed by atoms with Gasteiger partial charge in [0.05, 0.1) is 5.56 Å². The van der Waals surface area contributed by atoms with Crippen molar-refractivity contribution in [3.8, 4) is 5.75 Å². The summed E-state index contributed by atoms with van der Waals surface area (Å²) in [5.41, 5.74) is 2.25. The Kier molecular flexibility index (Phi) is 7.19. The van der Waals surface area contributed by atoms with Gasteiger partial charge in [-0.15, -0.1) is 6.58 Å². The number of ether oxygens (including phenoxy) is 1. The molecule has 2 rings (SSSR count). The van der Waals surface area contributed by atoms with E-state index in [1.165, 1.54) is 0 Å². The molecule has 2 aromatic carbocycles. The van der Waals surface area contributed by atoms with Gasteiger partial charge in [-0.3, -0.25) is 0 Å². The van der Waals surface area contributed by atoms with Crippen LogP contribution in [-0.4, -0.2) is 35.4 Å². The normalized spacial score (nSPS) is 11.7. The second kappa shape index (κ2) is 9.61. The van der Waals surface area contributed by atoms with Crippen LogP contribution in [0.4, 0.5) is 0 Å². The maximum atomic E-state index is 10.8. The van der Waals surface area contributed by atoms with Gasteiger partial charge < -0.3 is 20.3 Å². The lowest BCUT2D eigenvalue weighted by atomic mass is 10.1. The van der Waals surface area contributed by atoms with Gasteiger partial charge in [-0.2, -0.15) is 0 Å². The Labute approximate surface area is 147 Å². The van der Waals surface area contributed by atoms with Crippen LogP contribution in [0.2, 0.25) is 0 Å². The first kappa shape index (κ1) is 18.7. The van der Waals surface area contributed by atoms with E-state index in [0.717, 1.165) is 23.3 Å². The van der Waals surface area contributed by atoms with Crippen LogP contribution in [0.3, 0.4) is 0 Å². The number of allylic oxidation sites excluding steroid dienone is 1. The molecule has 0 fully saturated rings. The Hall–Kier alpha value is -2.63. The highest BCUT2D eigenvalue weighted by atomic mass is 16.5. The third-order valence-electron chi connectivity index (χ3n) is 3.68. The Bertz CT molecular complexity index is 697. The molecule has 0 radical (unpaired) electrons. The van der Waals surface area contributed by atoms with E-state index in [0.29, 0.717) is 13.1 Å². The molecular formula is C20H23NO4. The molecule has 132 valence electrons. The zero-order valence-corrected chi connectivity index (χ0v) is 14.0. The highest BCUT2D eigenvalue weighted by molar-refractivity contribution is 5.87. The second-order valence-electron chi connectivity index (χ2n) is 5.70. The standard InChI is InChI=1S/C20H23NO4/c1-2-5-16-6-3-4-7-19(16)25-14-18(22)13-21-12-15-8-10-17(11-9-15)20(23)24/h2-4,6-11,18,21-22H,1,5,12-14H2,(H,23,24). The Morgan fingerprint density at radius 1 is 1.20 bits per heavy atom. The van der Waals surface area contributed by atoms with E-state index < -0.39 is 12.1 Å². The fourth-order valence-corrected chi connectivity index (χ4v) is 2.36. The molecule has 0 saturated carbocycles. The zero-order chi connectivity index (χ0) is 18.1. The molecule has 3 N–H and O–H groups in total. The average molecular weight is 341 g/mol. The number of aromatic carboxylic acids is 1. The molecule has 5 heteroatoms. The quantitative estimate of drug-likeness (QED) is 0.579. The van der Waals surface area contributed by atoms with Gasteiger partial charge in [0.1, 0.15) is 18.5 Å². The Balaban J connectivity index is 1.74. The molecule has 0 saturated heterocycles. The van der Waals surface area contributed by atoms with Crippen molar-refractivity contribution in [2.45, 2.75) is 19.1 Å². The van der Waals surface area contributed by atoms with Crippen molar-refractivity contribution in [1.29, 1.82) is 0 Å². The Morgan fingerprint density at radius 2 is 1.92 bits per heavy atom. The van der Waals surface area contributed by atoms with E-state index in [2.05, 4.69) is 11.9 Å². The van der Waals surface area contributed by atoms with Crippen molar-refractivity contribution in [2.24, 2.45) is 0 Å². The number of rotatable bonds is 10. The predicted octanol–water partition coefficient (Wildman–Crippen LogP) is 2.64. The van der Waals surface area contributed by atoms with Gasteiger partial charge in [-0.1, -0.05) is 36.4 Å². The highest BCUT2D eigenvalue weighted by Gasteiger charge is 2.08. The monoisotopic (exact) mass is 341 g/mol. The largest absolute Gasteiger partial charge is 0.491 e. The molecule has 25 heavy (non-hydrogen) atoms. The number of hydrogen-bond acceptors (Lipinski definition) is 4. The molecule has 0 aromatic heterocycles. The van der Waals surface area contributed by atoms with Crippen LogP contribution in [-0.2, 0) is 13.0 Å². The number of carboxylic acids is 1. The van der Waals surface area contributed by atoms with Gasteiger partial charge in [-0.25, -0.2) is 4.79 Å². The summed E-state index contributed by atoms with van der Waals surface area (Å²) in [4.78, 5) is 10.8. The number of carboxylic acid groups (broad SMARTS) is 1. The molecule has 5 nitrogen and oxygen atoms in total. The fraction of sp³-hybridized carbons (Fsp3) is 0.250. The minimum Gasteiger partial charge on any atom is -0.491 e. The van der Waals surface area contributed by atoms with E-state index in [9.17, 15) is 9.90 Å². The van der Waals surface area contributed by atoms with Crippen LogP contribution < -0.4 is 10.1 Å². The summed E-state index contributed by atoms with van der Waals surface area (Å²) in [5.74, 6) is -0.186. The molecular weight excluding hydrogens is 318 g/mol. The third-order valence-corrected chi connectivity index (χ3v) is 3.68. The van der Waals surface area contributed by atoms with Gasteiger partial charge in [-0.05, 0) is 35.7 Å². The van der Waals surface area contributed by atoms with Crippen molar-refractivity contribution < 1.29 is 19.7 Å². The van der Waals surface area contributed by atoms with Gasteiger partial charge in [0.15, 0.2) is 0 Å². The molecule has 0 bridgehead atoms. The van der Waals surface area contributed by atoms with Gasteiger partial charge in [0, 0.05) is 13.1 Å². The number of hydrogen-bond donors (Lipinski definition) is 3. The minimum atomic E-state index is -0.941. The maximum Gasteiger partial charge on any atom is 0.335 e. The summed E-state index contributed by atoms with van der Waals surface area (Å²) in [6, 6.07) is 14.3. The minimum absolute atomic E-state index is 0.194. The van der Waals surface area contributed by atoms with Crippen molar-refractivity contribution in [3.63, 3.8) is 0 Å². The third kappa shape index (κ3) is 6.06. The van der Waals surface area contributed by atoms with E-state index in [-0.39, 0.29) is 12.2 Å². The van der Waals surface area contributed by atoms with E-state index in [1.54, 1.807) is 24.3 Å². The topological polar surface area (TPSA) is 78.8 Å². The molecule has 0 aliphatic heterocycles. The first-order valence-corrected chi connectivity index (χ1v) is 8.12. The number of benzene rings is 2. The first-order chi connectivity index (χ1) is 12.1. The SMILES string of the molecule is C=CCc1ccccc1OCC(O)CNCc1ccc(C(=O)O)cc1. The summed E-state index contributed by atoms with van der Waals surface area (Å²) < 4.78 is 5.69. The van der Waals surface area contributed by atoms with Crippen molar-refractivity contribution in [1.82, 2.24) is 5.32 Å². The number of nitrogens with one attached hydrogen (secondary N) is 1. The summed E-state index contributed by atoms with van der Waals surface area (Å²) >= 11 is 0. The summed E-state index contributed by atoms with van der Waals surface area (Å²) in [6.07, 6.45) is 1.89. The van der Waals surface area contributed by atoms with Crippen LogP contribution >= 0.6 is 0 Å². The number of carbonyl (C=O) groups is 1. The second-order valence-corrected chi connectivity index (χ2v) is 5.70. The lowest BCUT2D eigenvalue weighted by molar-refractivity contribution is 0.0697. The van der Waals surface area contributed by atoms with Crippen LogP contribution in [0.5, 0.6) is 5.75 Å². The molecule has 0 spiro atoms. The van der Waals surface area contributed by atoms with E-state index in [4.69, 9.17) is 9.84 Å². The summed E-state index contributed by atoms with van der Waals surface area (Å²) in [7, 11) is 0. The van der Waals surface area contributed by atoms with Crippen molar-refractivity contribution >= 4 is 5.97 Å². The molecule has 0 aliphatic rings.